The van der Waals surface area contributed by atoms with E-state index in [0.29, 0.717) is 6.42 Å². The maximum atomic E-state index is 11.4. The summed E-state index contributed by atoms with van der Waals surface area (Å²) in [7, 11) is 0. The van der Waals surface area contributed by atoms with E-state index >= 15 is 0 Å². The Morgan fingerprint density at radius 3 is 2.33 bits per heavy atom. The third-order valence-corrected chi connectivity index (χ3v) is 3.45. The number of carbonyl (C=O) groups excluding carboxylic acids is 1. The van der Waals surface area contributed by atoms with Crippen molar-refractivity contribution in [3.63, 3.8) is 0 Å². The van der Waals surface area contributed by atoms with E-state index < -0.39 is 0 Å². The summed E-state index contributed by atoms with van der Waals surface area (Å²) in [4.78, 5) is 11.4. The summed E-state index contributed by atoms with van der Waals surface area (Å²) in [5.74, 6) is 0.0821. The van der Waals surface area contributed by atoms with E-state index in [0.717, 1.165) is 27.7 Å². The topological polar surface area (TPSA) is 29.1 Å². The SMILES string of the molecule is CCCC(=O)Nc1cc(C)c(Br)c(C)c1. The lowest BCUT2D eigenvalue weighted by Gasteiger charge is -2.09. The van der Waals surface area contributed by atoms with E-state index in [2.05, 4.69) is 21.2 Å². The Kier molecular flexibility index (Phi) is 4.33. The van der Waals surface area contributed by atoms with Crippen LogP contribution in [0.4, 0.5) is 5.69 Å². The molecule has 0 aromatic heterocycles. The Balaban J connectivity index is 2.83. The van der Waals surface area contributed by atoms with Crippen molar-refractivity contribution in [2.24, 2.45) is 0 Å². The van der Waals surface area contributed by atoms with Gasteiger partial charge in [-0.05, 0) is 43.5 Å². The summed E-state index contributed by atoms with van der Waals surface area (Å²) in [6.45, 7) is 6.04. The second-order valence-electron chi connectivity index (χ2n) is 3.72. The molecule has 0 fully saturated rings. The molecule has 0 unspecified atom stereocenters. The highest BCUT2D eigenvalue weighted by Gasteiger charge is 2.04. The molecule has 0 aliphatic heterocycles. The number of hydrogen-bond donors (Lipinski definition) is 1. The Hall–Kier alpha value is -0.830. The van der Waals surface area contributed by atoms with Gasteiger partial charge in [0.2, 0.25) is 5.91 Å². The molecule has 1 rings (SSSR count). The molecule has 3 heteroatoms. The molecule has 0 atom stereocenters. The van der Waals surface area contributed by atoms with Gasteiger partial charge in [-0.1, -0.05) is 22.9 Å². The van der Waals surface area contributed by atoms with Crippen LogP contribution in [0.3, 0.4) is 0 Å². The Bertz CT molecular complexity index is 351. The van der Waals surface area contributed by atoms with Gasteiger partial charge >= 0.3 is 0 Å². The first-order valence-corrected chi connectivity index (χ1v) is 5.90. The normalized spacial score (nSPS) is 10.1. The molecule has 1 amide bonds. The minimum atomic E-state index is 0.0821. The minimum Gasteiger partial charge on any atom is -0.326 e. The zero-order valence-corrected chi connectivity index (χ0v) is 10.9. The van der Waals surface area contributed by atoms with Crippen molar-refractivity contribution in [2.45, 2.75) is 33.6 Å². The third-order valence-electron chi connectivity index (χ3n) is 2.20. The Morgan fingerprint density at radius 1 is 1.33 bits per heavy atom. The van der Waals surface area contributed by atoms with Crippen LogP contribution in [0.2, 0.25) is 0 Å². The number of carbonyl (C=O) groups is 1. The summed E-state index contributed by atoms with van der Waals surface area (Å²) in [5, 5.41) is 2.89. The summed E-state index contributed by atoms with van der Waals surface area (Å²) in [5.41, 5.74) is 3.16. The lowest BCUT2D eigenvalue weighted by Crippen LogP contribution is -2.10. The van der Waals surface area contributed by atoms with Crippen LogP contribution < -0.4 is 5.32 Å². The van der Waals surface area contributed by atoms with Gasteiger partial charge in [-0.15, -0.1) is 0 Å². The highest BCUT2D eigenvalue weighted by molar-refractivity contribution is 9.10. The van der Waals surface area contributed by atoms with E-state index in [1.165, 1.54) is 0 Å². The van der Waals surface area contributed by atoms with Crippen LogP contribution in [-0.4, -0.2) is 5.91 Å². The largest absolute Gasteiger partial charge is 0.326 e. The third kappa shape index (κ3) is 3.34. The maximum Gasteiger partial charge on any atom is 0.224 e. The maximum absolute atomic E-state index is 11.4. The van der Waals surface area contributed by atoms with Gasteiger partial charge in [0.25, 0.3) is 0 Å². The first-order valence-electron chi connectivity index (χ1n) is 5.11. The number of amides is 1. The van der Waals surface area contributed by atoms with Crippen LogP contribution in [0.1, 0.15) is 30.9 Å². The van der Waals surface area contributed by atoms with Crippen LogP contribution in [0, 0.1) is 13.8 Å². The predicted octanol–water partition coefficient (Wildman–Crippen LogP) is 3.80. The van der Waals surface area contributed by atoms with Crippen LogP contribution >= 0.6 is 15.9 Å². The molecular formula is C12H16BrNO. The molecule has 15 heavy (non-hydrogen) atoms. The molecule has 1 N–H and O–H groups in total. The standard InChI is InChI=1S/C12H16BrNO/c1-4-5-11(15)14-10-6-8(2)12(13)9(3)7-10/h6-7H,4-5H2,1-3H3,(H,14,15). The fraction of sp³-hybridized carbons (Fsp3) is 0.417. The van der Waals surface area contributed by atoms with E-state index in [4.69, 9.17) is 0 Å². The van der Waals surface area contributed by atoms with Crippen molar-refractivity contribution in [3.8, 4) is 0 Å². The quantitative estimate of drug-likeness (QED) is 0.889. The number of rotatable bonds is 3. The summed E-state index contributed by atoms with van der Waals surface area (Å²) in [6.07, 6.45) is 1.45. The van der Waals surface area contributed by atoms with E-state index in [1.807, 2.05) is 32.9 Å². The molecule has 0 aliphatic rings. The van der Waals surface area contributed by atoms with Gasteiger partial charge < -0.3 is 5.32 Å². The van der Waals surface area contributed by atoms with Gasteiger partial charge in [0, 0.05) is 16.6 Å². The summed E-state index contributed by atoms with van der Waals surface area (Å²) in [6, 6.07) is 3.95. The molecular weight excluding hydrogens is 254 g/mol. The molecule has 0 spiro atoms. The van der Waals surface area contributed by atoms with Crippen molar-refractivity contribution in [1.82, 2.24) is 0 Å². The van der Waals surface area contributed by atoms with Crippen molar-refractivity contribution >= 4 is 27.5 Å². The minimum absolute atomic E-state index is 0.0821. The molecule has 0 radical (unpaired) electrons. The number of aryl methyl sites for hydroxylation is 2. The molecule has 0 saturated carbocycles. The van der Waals surface area contributed by atoms with Crippen LogP contribution in [0.25, 0.3) is 0 Å². The van der Waals surface area contributed by atoms with Gasteiger partial charge in [0.05, 0.1) is 0 Å². The monoisotopic (exact) mass is 269 g/mol. The fourth-order valence-corrected chi connectivity index (χ4v) is 1.70. The number of nitrogens with one attached hydrogen (secondary N) is 1. The number of halogens is 1. The molecule has 1 aromatic rings. The predicted molar refractivity (Wildman–Crippen MR) is 67.2 cm³/mol. The highest BCUT2D eigenvalue weighted by Crippen LogP contribution is 2.25. The zero-order chi connectivity index (χ0) is 11.4. The average Bonchev–Trinajstić information content (AvgIpc) is 2.14. The second kappa shape index (κ2) is 5.31. The smallest absolute Gasteiger partial charge is 0.224 e. The Labute approximate surface area is 99.2 Å². The first kappa shape index (κ1) is 12.2. The lowest BCUT2D eigenvalue weighted by molar-refractivity contribution is -0.116. The van der Waals surface area contributed by atoms with Crippen molar-refractivity contribution < 1.29 is 4.79 Å². The lowest BCUT2D eigenvalue weighted by atomic mass is 10.1. The van der Waals surface area contributed by atoms with Crippen molar-refractivity contribution in [2.75, 3.05) is 5.32 Å². The molecule has 0 heterocycles. The van der Waals surface area contributed by atoms with Gasteiger partial charge in [0.15, 0.2) is 0 Å². The average molecular weight is 270 g/mol. The number of anilines is 1. The van der Waals surface area contributed by atoms with E-state index in [-0.39, 0.29) is 5.91 Å². The first-order chi connectivity index (χ1) is 7.04. The van der Waals surface area contributed by atoms with Crippen molar-refractivity contribution in [3.05, 3.63) is 27.7 Å². The molecule has 1 aromatic carbocycles. The molecule has 82 valence electrons. The molecule has 0 saturated heterocycles. The Morgan fingerprint density at radius 2 is 1.87 bits per heavy atom. The van der Waals surface area contributed by atoms with Gasteiger partial charge in [0.1, 0.15) is 0 Å². The second-order valence-corrected chi connectivity index (χ2v) is 4.52. The van der Waals surface area contributed by atoms with Crippen LogP contribution in [-0.2, 0) is 4.79 Å². The highest BCUT2D eigenvalue weighted by atomic mass is 79.9. The van der Waals surface area contributed by atoms with E-state index in [1.54, 1.807) is 0 Å². The van der Waals surface area contributed by atoms with Crippen LogP contribution in [0.15, 0.2) is 16.6 Å². The summed E-state index contributed by atoms with van der Waals surface area (Å²) < 4.78 is 1.11. The fourth-order valence-electron chi connectivity index (χ4n) is 1.47. The molecule has 2 nitrogen and oxygen atoms in total. The molecule has 0 bridgehead atoms. The van der Waals surface area contributed by atoms with Crippen molar-refractivity contribution in [1.29, 1.82) is 0 Å². The van der Waals surface area contributed by atoms with Crippen LogP contribution in [0.5, 0.6) is 0 Å². The zero-order valence-electron chi connectivity index (χ0n) is 9.36. The van der Waals surface area contributed by atoms with Gasteiger partial charge in [-0.2, -0.15) is 0 Å². The van der Waals surface area contributed by atoms with Gasteiger partial charge in [-0.3, -0.25) is 4.79 Å². The molecule has 0 aliphatic carbocycles. The van der Waals surface area contributed by atoms with Gasteiger partial charge in [-0.25, -0.2) is 0 Å². The summed E-state index contributed by atoms with van der Waals surface area (Å²) >= 11 is 3.50. The number of hydrogen-bond acceptors (Lipinski definition) is 1. The van der Waals surface area contributed by atoms with E-state index in [9.17, 15) is 4.79 Å². The number of benzene rings is 1.